The molecule has 0 saturated heterocycles. The Bertz CT molecular complexity index is 224. The van der Waals surface area contributed by atoms with Gasteiger partial charge in [-0.25, -0.2) is 0 Å². The first-order valence-electron chi connectivity index (χ1n) is 3.24. The number of aliphatic imine (C=N–C) groups is 1. The van der Waals surface area contributed by atoms with Crippen LogP contribution in [0.4, 0.5) is 0 Å². The number of ether oxygens (including phenoxy) is 1. The van der Waals surface area contributed by atoms with Gasteiger partial charge in [0.1, 0.15) is 0 Å². The molecular weight excluding hydrogens is 198 g/mol. The summed E-state index contributed by atoms with van der Waals surface area (Å²) >= 11 is 0. The van der Waals surface area contributed by atoms with Crippen LogP contribution in [-0.4, -0.2) is 45.4 Å². The number of nitrogens with two attached hydrogens (primary N) is 2. The van der Waals surface area contributed by atoms with Gasteiger partial charge in [0, 0.05) is 7.11 Å². The first-order chi connectivity index (χ1) is 5.77. The predicted molar refractivity (Wildman–Crippen MR) is 50.0 cm³/mol. The molecule has 13 heavy (non-hydrogen) atoms. The zero-order valence-electron chi connectivity index (χ0n) is 7.60. The molecule has 0 aromatic carbocycles. The Balaban J connectivity index is 0. The lowest BCUT2D eigenvalue weighted by atomic mass is 10.7. The Morgan fingerprint density at radius 3 is 2.15 bits per heavy atom. The summed E-state index contributed by atoms with van der Waals surface area (Å²) in [6, 6.07) is 0. The van der Waals surface area contributed by atoms with Gasteiger partial charge < -0.3 is 16.2 Å². The summed E-state index contributed by atoms with van der Waals surface area (Å²) in [4.78, 5) is 3.66. The second-order valence-corrected chi connectivity index (χ2v) is 3.50. The Morgan fingerprint density at radius 2 is 1.92 bits per heavy atom. The van der Waals surface area contributed by atoms with E-state index in [4.69, 9.17) is 16.0 Å². The van der Waals surface area contributed by atoms with Crippen molar-refractivity contribution in [1.29, 1.82) is 0 Å². The van der Waals surface area contributed by atoms with Crippen LogP contribution in [-0.2, 0) is 14.9 Å². The first-order valence-corrected chi connectivity index (χ1v) is 5.09. The molecule has 0 heterocycles. The minimum Gasteiger partial charge on any atom is -0.383 e. The van der Waals surface area contributed by atoms with Crippen LogP contribution >= 0.6 is 0 Å². The van der Waals surface area contributed by atoms with Crippen LogP contribution in [0.1, 0.15) is 0 Å². The summed E-state index contributed by atoms with van der Waals surface area (Å²) in [6.07, 6.45) is 0.715. The Hall–Kier alpha value is -0.860. The van der Waals surface area contributed by atoms with Crippen molar-refractivity contribution in [1.82, 2.24) is 0 Å². The molecule has 0 aromatic rings. The van der Waals surface area contributed by atoms with Crippen molar-refractivity contribution in [2.75, 3.05) is 26.5 Å². The van der Waals surface area contributed by atoms with Gasteiger partial charge in [-0.2, -0.15) is 8.42 Å². The van der Waals surface area contributed by atoms with Crippen LogP contribution in [0.2, 0.25) is 0 Å². The number of guanidine groups is 1. The molecule has 8 heteroatoms. The van der Waals surface area contributed by atoms with Crippen molar-refractivity contribution in [3.8, 4) is 0 Å². The average molecular weight is 213 g/mol. The maximum Gasteiger partial charge on any atom is 0.261 e. The number of methoxy groups -OCH3 is 1. The van der Waals surface area contributed by atoms with Crippen molar-refractivity contribution in [3.05, 3.63) is 0 Å². The van der Waals surface area contributed by atoms with Crippen molar-refractivity contribution < 1.29 is 17.7 Å². The van der Waals surface area contributed by atoms with E-state index >= 15 is 0 Å². The smallest absolute Gasteiger partial charge is 0.261 e. The monoisotopic (exact) mass is 213 g/mol. The lowest BCUT2D eigenvalue weighted by molar-refractivity contribution is 0.208. The largest absolute Gasteiger partial charge is 0.383 e. The SMILES string of the molecule is COCCN=C(N)N.CS(=O)(=O)O. The first kappa shape index (κ1) is 14.7. The van der Waals surface area contributed by atoms with E-state index in [9.17, 15) is 8.42 Å². The molecule has 0 fully saturated rings. The predicted octanol–water partition coefficient (Wildman–Crippen LogP) is -1.59. The van der Waals surface area contributed by atoms with Crippen LogP contribution in [0.15, 0.2) is 4.99 Å². The van der Waals surface area contributed by atoms with Crippen LogP contribution in [0.5, 0.6) is 0 Å². The van der Waals surface area contributed by atoms with Gasteiger partial charge in [0.15, 0.2) is 5.96 Å². The normalized spacial score (nSPS) is 9.77. The van der Waals surface area contributed by atoms with Gasteiger partial charge in [-0.3, -0.25) is 9.55 Å². The highest BCUT2D eigenvalue weighted by Crippen LogP contribution is 1.68. The number of hydrogen-bond acceptors (Lipinski definition) is 4. The molecule has 0 bridgehead atoms. The van der Waals surface area contributed by atoms with E-state index in [1.165, 1.54) is 0 Å². The molecule has 0 saturated carbocycles. The Kier molecular flexibility index (Phi) is 8.76. The molecule has 0 rings (SSSR count). The maximum absolute atomic E-state index is 9.19. The molecule has 0 radical (unpaired) electrons. The molecule has 0 aliphatic rings. The molecular formula is C5H15N3O4S. The van der Waals surface area contributed by atoms with Crippen LogP contribution in [0, 0.1) is 0 Å². The summed E-state index contributed by atoms with van der Waals surface area (Å²) in [5, 5.41) is 0. The van der Waals surface area contributed by atoms with E-state index in [2.05, 4.69) is 9.73 Å². The topological polar surface area (TPSA) is 128 Å². The van der Waals surface area contributed by atoms with E-state index in [1.807, 2.05) is 0 Å². The molecule has 80 valence electrons. The van der Waals surface area contributed by atoms with Crippen molar-refractivity contribution in [2.24, 2.45) is 16.5 Å². The molecule has 0 spiro atoms. The van der Waals surface area contributed by atoms with Crippen LogP contribution in [0.25, 0.3) is 0 Å². The van der Waals surface area contributed by atoms with Crippen molar-refractivity contribution in [2.45, 2.75) is 0 Å². The molecule has 0 aromatic heterocycles. The third-order valence-corrected chi connectivity index (χ3v) is 0.590. The van der Waals surface area contributed by atoms with E-state index in [0.29, 0.717) is 19.4 Å². The number of hydrogen-bond donors (Lipinski definition) is 3. The summed E-state index contributed by atoms with van der Waals surface area (Å²) in [7, 11) is -2.07. The van der Waals surface area contributed by atoms with Gasteiger partial charge in [-0.05, 0) is 0 Å². The highest BCUT2D eigenvalue weighted by atomic mass is 32.2. The molecule has 0 aliphatic heterocycles. The second-order valence-electron chi connectivity index (χ2n) is 2.03. The summed E-state index contributed by atoms with van der Waals surface area (Å²) < 4.78 is 30.5. The van der Waals surface area contributed by atoms with E-state index in [1.54, 1.807) is 7.11 Å². The molecule has 7 nitrogen and oxygen atoms in total. The second kappa shape index (κ2) is 7.77. The minimum absolute atomic E-state index is 0.113. The van der Waals surface area contributed by atoms with Gasteiger partial charge in [0.2, 0.25) is 0 Å². The number of nitrogens with zero attached hydrogens (tertiary/aromatic N) is 1. The summed E-state index contributed by atoms with van der Waals surface area (Å²) in [6.45, 7) is 1.11. The van der Waals surface area contributed by atoms with Gasteiger partial charge >= 0.3 is 0 Å². The average Bonchev–Trinajstić information content (AvgIpc) is 1.83. The summed E-state index contributed by atoms with van der Waals surface area (Å²) in [5.74, 6) is 0.113. The highest BCUT2D eigenvalue weighted by Gasteiger charge is 1.81. The molecule has 5 N–H and O–H groups in total. The lowest BCUT2D eigenvalue weighted by Gasteiger charge is -1.91. The Labute approximate surface area is 77.5 Å². The number of rotatable bonds is 3. The zero-order valence-corrected chi connectivity index (χ0v) is 8.41. The summed E-state index contributed by atoms with van der Waals surface area (Å²) in [5.41, 5.74) is 10.0. The zero-order chi connectivity index (χ0) is 10.9. The third kappa shape index (κ3) is 54.3. The van der Waals surface area contributed by atoms with Gasteiger partial charge in [-0.15, -0.1) is 0 Å². The van der Waals surface area contributed by atoms with Crippen LogP contribution < -0.4 is 11.5 Å². The van der Waals surface area contributed by atoms with E-state index in [0.717, 1.165) is 0 Å². The molecule has 0 unspecified atom stereocenters. The Morgan fingerprint density at radius 1 is 1.54 bits per heavy atom. The van der Waals surface area contributed by atoms with Gasteiger partial charge in [-0.1, -0.05) is 0 Å². The van der Waals surface area contributed by atoms with Crippen molar-refractivity contribution >= 4 is 16.1 Å². The highest BCUT2D eigenvalue weighted by molar-refractivity contribution is 7.85. The van der Waals surface area contributed by atoms with Crippen LogP contribution in [0.3, 0.4) is 0 Å². The molecule has 0 atom stereocenters. The molecule has 0 aliphatic carbocycles. The van der Waals surface area contributed by atoms with E-state index < -0.39 is 10.1 Å². The molecule has 0 amide bonds. The van der Waals surface area contributed by atoms with Crippen molar-refractivity contribution in [3.63, 3.8) is 0 Å². The fourth-order valence-electron chi connectivity index (χ4n) is 0.266. The van der Waals surface area contributed by atoms with E-state index in [-0.39, 0.29) is 5.96 Å². The fraction of sp³-hybridized carbons (Fsp3) is 0.800. The van der Waals surface area contributed by atoms with Gasteiger partial charge in [0.25, 0.3) is 10.1 Å². The van der Waals surface area contributed by atoms with Gasteiger partial charge in [0.05, 0.1) is 19.4 Å². The fourth-order valence-corrected chi connectivity index (χ4v) is 0.266. The lowest BCUT2D eigenvalue weighted by Crippen LogP contribution is -2.23. The third-order valence-electron chi connectivity index (χ3n) is 0.590. The minimum atomic E-state index is -3.67. The maximum atomic E-state index is 9.19. The quantitative estimate of drug-likeness (QED) is 0.224. The standard InChI is InChI=1S/C4H11N3O.CH4O3S/c1-8-3-2-7-4(5)6;1-5(2,3)4/h2-3H2,1H3,(H4,5,6,7);1H3,(H,2,3,4).